The Hall–Kier alpha value is -1.31. The highest BCUT2D eigenvalue weighted by Gasteiger charge is 2.11. The third kappa shape index (κ3) is 2.58. The van der Waals surface area contributed by atoms with Crippen LogP contribution in [0.4, 0.5) is 0 Å². The quantitative estimate of drug-likeness (QED) is 0.719. The van der Waals surface area contributed by atoms with Crippen molar-refractivity contribution in [1.29, 1.82) is 0 Å². The molecule has 0 saturated heterocycles. The second kappa shape index (κ2) is 5.13. The van der Waals surface area contributed by atoms with Crippen molar-refractivity contribution in [2.45, 2.75) is 13.8 Å². The van der Waals surface area contributed by atoms with E-state index in [1.165, 1.54) is 0 Å². The summed E-state index contributed by atoms with van der Waals surface area (Å²) in [7, 11) is 0. The molecule has 0 unspecified atom stereocenters. The largest absolute Gasteiger partial charge is 0.289 e. The van der Waals surface area contributed by atoms with Gasteiger partial charge in [0.1, 0.15) is 0 Å². The van der Waals surface area contributed by atoms with Crippen LogP contribution in [0, 0.1) is 13.8 Å². The first kappa shape index (κ1) is 13.1. The van der Waals surface area contributed by atoms with Crippen LogP contribution in [0.25, 0.3) is 0 Å². The summed E-state index contributed by atoms with van der Waals surface area (Å²) in [6.07, 6.45) is 0. The van der Waals surface area contributed by atoms with Crippen LogP contribution in [0.15, 0.2) is 36.4 Å². The average Bonchev–Trinajstić information content (AvgIpc) is 2.35. The fourth-order valence-electron chi connectivity index (χ4n) is 1.63. The molecule has 0 bridgehead atoms. The minimum atomic E-state index is -0.0706. The molecule has 0 heterocycles. The summed E-state index contributed by atoms with van der Waals surface area (Å²) in [6.45, 7) is 3.80. The van der Waals surface area contributed by atoms with Crippen molar-refractivity contribution in [3.63, 3.8) is 0 Å². The minimum Gasteiger partial charge on any atom is -0.289 e. The van der Waals surface area contributed by atoms with Crippen molar-refractivity contribution >= 4 is 29.0 Å². The molecule has 0 aliphatic carbocycles. The van der Waals surface area contributed by atoms with Gasteiger partial charge in [-0.2, -0.15) is 0 Å². The third-order valence-corrected chi connectivity index (χ3v) is 3.68. The van der Waals surface area contributed by atoms with E-state index in [2.05, 4.69) is 0 Å². The molecule has 18 heavy (non-hydrogen) atoms. The number of rotatable bonds is 2. The molecule has 92 valence electrons. The van der Waals surface area contributed by atoms with Crippen molar-refractivity contribution < 1.29 is 4.79 Å². The third-order valence-electron chi connectivity index (χ3n) is 2.87. The number of benzene rings is 2. The second-order valence-corrected chi connectivity index (χ2v) is 5.07. The van der Waals surface area contributed by atoms with E-state index < -0.39 is 0 Å². The van der Waals surface area contributed by atoms with Crippen molar-refractivity contribution in [1.82, 2.24) is 0 Å². The Morgan fingerprint density at radius 1 is 0.833 bits per heavy atom. The van der Waals surface area contributed by atoms with Crippen LogP contribution < -0.4 is 0 Å². The first-order valence-electron chi connectivity index (χ1n) is 5.56. The molecule has 0 amide bonds. The average molecular weight is 279 g/mol. The molecule has 0 aromatic heterocycles. The molecule has 0 N–H and O–H groups in total. The van der Waals surface area contributed by atoms with E-state index >= 15 is 0 Å². The Bertz CT molecular complexity index is 564. The molecule has 0 saturated carbocycles. The maximum atomic E-state index is 12.3. The zero-order chi connectivity index (χ0) is 13.3. The fraction of sp³-hybridized carbons (Fsp3) is 0.133. The Morgan fingerprint density at radius 2 is 1.22 bits per heavy atom. The van der Waals surface area contributed by atoms with E-state index in [9.17, 15) is 4.79 Å². The zero-order valence-corrected chi connectivity index (χ0v) is 11.6. The second-order valence-electron chi connectivity index (χ2n) is 4.26. The summed E-state index contributed by atoms with van der Waals surface area (Å²) < 4.78 is 0. The number of carbonyl (C=O) groups excluding carboxylic acids is 1. The Balaban J connectivity index is 2.41. The van der Waals surface area contributed by atoms with E-state index in [-0.39, 0.29) is 5.78 Å². The maximum absolute atomic E-state index is 12.3. The molecule has 1 nitrogen and oxygen atoms in total. The lowest BCUT2D eigenvalue weighted by Crippen LogP contribution is -2.01. The van der Waals surface area contributed by atoms with Gasteiger partial charge in [0.2, 0.25) is 0 Å². The van der Waals surface area contributed by atoms with Crippen LogP contribution in [0.3, 0.4) is 0 Å². The van der Waals surface area contributed by atoms with E-state index in [1.54, 1.807) is 24.3 Å². The summed E-state index contributed by atoms with van der Waals surface area (Å²) >= 11 is 12.0. The molecule has 0 aliphatic rings. The number of halogens is 2. The molecule has 2 aromatic rings. The Kier molecular flexibility index (Phi) is 3.74. The van der Waals surface area contributed by atoms with E-state index in [0.29, 0.717) is 21.2 Å². The summed E-state index contributed by atoms with van der Waals surface area (Å²) in [5.41, 5.74) is 3.06. The summed E-state index contributed by atoms with van der Waals surface area (Å²) in [4.78, 5) is 12.3. The zero-order valence-electron chi connectivity index (χ0n) is 10.1. The molecule has 0 fully saturated rings. The molecular formula is C15H12Cl2O. The van der Waals surface area contributed by atoms with Gasteiger partial charge in [-0.05, 0) is 37.1 Å². The van der Waals surface area contributed by atoms with E-state index in [0.717, 1.165) is 11.1 Å². The van der Waals surface area contributed by atoms with Gasteiger partial charge < -0.3 is 0 Å². The fourth-order valence-corrected chi connectivity index (χ4v) is 2.00. The van der Waals surface area contributed by atoms with Crippen molar-refractivity contribution in [2.24, 2.45) is 0 Å². The Morgan fingerprint density at radius 3 is 1.56 bits per heavy atom. The maximum Gasteiger partial charge on any atom is 0.193 e. The lowest BCUT2D eigenvalue weighted by atomic mass is 10.0. The van der Waals surface area contributed by atoms with Gasteiger partial charge in [-0.15, -0.1) is 0 Å². The van der Waals surface area contributed by atoms with Gasteiger partial charge in [-0.3, -0.25) is 4.79 Å². The summed E-state index contributed by atoms with van der Waals surface area (Å²) in [5, 5.41) is 1.19. The van der Waals surface area contributed by atoms with Gasteiger partial charge in [0.15, 0.2) is 5.78 Å². The van der Waals surface area contributed by atoms with Crippen LogP contribution in [-0.2, 0) is 0 Å². The predicted octanol–water partition coefficient (Wildman–Crippen LogP) is 4.84. The smallest absolute Gasteiger partial charge is 0.193 e. The van der Waals surface area contributed by atoms with Gasteiger partial charge in [-0.25, -0.2) is 0 Å². The highest BCUT2D eigenvalue weighted by Crippen LogP contribution is 2.22. The molecular weight excluding hydrogens is 267 g/mol. The van der Waals surface area contributed by atoms with Crippen molar-refractivity contribution in [3.05, 3.63) is 68.7 Å². The summed E-state index contributed by atoms with van der Waals surface area (Å²) in [5.74, 6) is -0.0706. The molecule has 2 rings (SSSR count). The van der Waals surface area contributed by atoms with Crippen LogP contribution in [0.2, 0.25) is 10.0 Å². The van der Waals surface area contributed by atoms with Gasteiger partial charge in [0.25, 0.3) is 0 Å². The van der Waals surface area contributed by atoms with Crippen molar-refractivity contribution in [2.75, 3.05) is 0 Å². The number of ketones is 1. The van der Waals surface area contributed by atoms with E-state index in [1.807, 2.05) is 26.0 Å². The van der Waals surface area contributed by atoms with Crippen LogP contribution >= 0.6 is 23.2 Å². The first-order valence-corrected chi connectivity index (χ1v) is 6.31. The topological polar surface area (TPSA) is 17.1 Å². The number of carbonyl (C=O) groups is 1. The minimum absolute atomic E-state index is 0.0706. The molecule has 0 atom stereocenters. The SMILES string of the molecule is Cc1ccc(C(=O)c2ccc(C)c(Cl)c2)cc1Cl. The number of hydrogen-bond donors (Lipinski definition) is 0. The van der Waals surface area contributed by atoms with Gasteiger partial charge >= 0.3 is 0 Å². The predicted molar refractivity (Wildman–Crippen MR) is 75.8 cm³/mol. The number of aryl methyl sites for hydroxylation is 2. The van der Waals surface area contributed by atoms with Gasteiger partial charge in [0.05, 0.1) is 0 Å². The normalized spacial score (nSPS) is 10.4. The molecule has 0 radical (unpaired) electrons. The lowest BCUT2D eigenvalue weighted by Gasteiger charge is -2.05. The van der Waals surface area contributed by atoms with Crippen molar-refractivity contribution in [3.8, 4) is 0 Å². The van der Waals surface area contributed by atoms with E-state index in [4.69, 9.17) is 23.2 Å². The molecule has 3 heteroatoms. The van der Waals surface area contributed by atoms with Gasteiger partial charge in [0, 0.05) is 21.2 Å². The van der Waals surface area contributed by atoms with Crippen LogP contribution in [-0.4, -0.2) is 5.78 Å². The lowest BCUT2D eigenvalue weighted by molar-refractivity contribution is 0.103. The van der Waals surface area contributed by atoms with Gasteiger partial charge in [-0.1, -0.05) is 47.5 Å². The number of hydrogen-bond acceptors (Lipinski definition) is 1. The molecule has 2 aromatic carbocycles. The highest BCUT2D eigenvalue weighted by molar-refractivity contribution is 6.32. The van der Waals surface area contributed by atoms with Crippen LogP contribution in [0.5, 0.6) is 0 Å². The summed E-state index contributed by atoms with van der Waals surface area (Å²) in [6, 6.07) is 10.6. The standard InChI is InChI=1S/C15H12Cl2O/c1-9-3-5-11(7-13(9)16)15(18)12-6-4-10(2)14(17)8-12/h3-8H,1-2H3. The molecule has 0 aliphatic heterocycles. The first-order chi connectivity index (χ1) is 8.49. The Labute approximate surface area is 116 Å². The monoisotopic (exact) mass is 278 g/mol. The van der Waals surface area contributed by atoms with Crippen LogP contribution in [0.1, 0.15) is 27.0 Å². The highest BCUT2D eigenvalue weighted by atomic mass is 35.5. The molecule has 0 spiro atoms.